The number of nitrogens with zero attached hydrogens (tertiary/aromatic N) is 2. The van der Waals surface area contributed by atoms with Crippen LogP contribution in [0, 0.1) is 0 Å². The number of nitrogens with one attached hydrogen (secondary N) is 1. The molecule has 0 radical (unpaired) electrons. The van der Waals surface area contributed by atoms with E-state index < -0.39 is 21.5 Å². The Balaban J connectivity index is 2.13. The monoisotopic (exact) mass is 339 g/mol. The molecule has 0 aliphatic heterocycles. The fraction of sp³-hybridized carbons (Fsp3) is 0.286. The van der Waals surface area contributed by atoms with Gasteiger partial charge in [0.05, 0.1) is 17.7 Å². The molecule has 0 saturated carbocycles. The van der Waals surface area contributed by atoms with Gasteiger partial charge in [0, 0.05) is 26.4 Å². The van der Waals surface area contributed by atoms with E-state index in [-0.39, 0.29) is 18.0 Å². The van der Waals surface area contributed by atoms with Crippen molar-refractivity contribution < 1.29 is 17.6 Å². The summed E-state index contributed by atoms with van der Waals surface area (Å²) in [5, 5.41) is 2.59. The molecule has 0 atom stereocenters. The smallest absolute Gasteiger partial charge is 0.251 e. The number of sulfonamides is 1. The molecule has 0 aliphatic rings. The van der Waals surface area contributed by atoms with Gasteiger partial charge in [-0.1, -0.05) is 0 Å². The zero-order valence-corrected chi connectivity index (χ0v) is 13.5. The Kier molecular flexibility index (Phi) is 5.02. The second-order valence-electron chi connectivity index (χ2n) is 4.97. The molecule has 0 saturated heterocycles. The number of amides is 1. The molecule has 8 nitrogen and oxygen atoms in total. The fourth-order valence-corrected chi connectivity index (χ4v) is 2.73. The van der Waals surface area contributed by atoms with Crippen LogP contribution < -0.4 is 10.9 Å². The zero-order chi connectivity index (χ0) is 17.0. The molecule has 0 fully saturated rings. The Morgan fingerprint density at radius 2 is 2.04 bits per heavy atom. The summed E-state index contributed by atoms with van der Waals surface area (Å²) in [6, 6.07) is 5.74. The van der Waals surface area contributed by atoms with Gasteiger partial charge < -0.3 is 14.3 Å². The summed E-state index contributed by atoms with van der Waals surface area (Å²) in [6.45, 7) is -0.0907. The van der Waals surface area contributed by atoms with Crippen LogP contribution in [-0.2, 0) is 27.9 Å². The summed E-state index contributed by atoms with van der Waals surface area (Å²) < 4.78 is 31.3. The highest BCUT2D eigenvalue weighted by molar-refractivity contribution is 7.89. The molecule has 9 heteroatoms. The molecule has 2 aromatic rings. The summed E-state index contributed by atoms with van der Waals surface area (Å²) in [5.41, 5.74) is -0.462. The third kappa shape index (κ3) is 4.08. The van der Waals surface area contributed by atoms with Gasteiger partial charge in [-0.25, -0.2) is 12.7 Å². The molecule has 2 rings (SSSR count). The van der Waals surface area contributed by atoms with Gasteiger partial charge in [0.25, 0.3) is 5.56 Å². The van der Waals surface area contributed by atoms with Crippen LogP contribution in [0.3, 0.4) is 0 Å². The van der Waals surface area contributed by atoms with Crippen LogP contribution in [-0.4, -0.2) is 37.3 Å². The Bertz CT molecular complexity index is 838. The molecule has 1 amide bonds. The van der Waals surface area contributed by atoms with Crippen LogP contribution in [0.4, 0.5) is 0 Å². The molecule has 2 heterocycles. The van der Waals surface area contributed by atoms with Gasteiger partial charge in [-0.2, -0.15) is 0 Å². The Morgan fingerprint density at radius 1 is 1.30 bits per heavy atom. The number of carbonyl (C=O) groups is 1. The number of aromatic nitrogens is 1. The van der Waals surface area contributed by atoms with E-state index in [1.54, 1.807) is 12.1 Å². The van der Waals surface area contributed by atoms with E-state index in [0.29, 0.717) is 5.76 Å². The summed E-state index contributed by atoms with van der Waals surface area (Å²) >= 11 is 0. The largest absolute Gasteiger partial charge is 0.467 e. The molecule has 0 unspecified atom stereocenters. The number of hydrogen-bond donors (Lipinski definition) is 1. The Hall–Kier alpha value is -2.39. The van der Waals surface area contributed by atoms with E-state index in [2.05, 4.69) is 5.32 Å². The van der Waals surface area contributed by atoms with Crippen molar-refractivity contribution in [3.05, 3.63) is 52.8 Å². The van der Waals surface area contributed by atoms with Crippen molar-refractivity contribution in [1.29, 1.82) is 0 Å². The van der Waals surface area contributed by atoms with Gasteiger partial charge in [0.2, 0.25) is 15.9 Å². The van der Waals surface area contributed by atoms with Crippen molar-refractivity contribution in [1.82, 2.24) is 14.2 Å². The SMILES string of the molecule is CN(C)S(=O)(=O)c1ccc(=O)n(CC(=O)NCc2ccco2)c1. The van der Waals surface area contributed by atoms with E-state index in [4.69, 9.17) is 4.42 Å². The van der Waals surface area contributed by atoms with Gasteiger partial charge in [0.1, 0.15) is 12.3 Å². The number of rotatable bonds is 6. The molecule has 0 aliphatic carbocycles. The van der Waals surface area contributed by atoms with E-state index in [1.165, 1.54) is 26.4 Å². The lowest BCUT2D eigenvalue weighted by molar-refractivity contribution is -0.122. The number of pyridine rings is 1. The minimum absolute atomic E-state index is 0.0547. The van der Waals surface area contributed by atoms with Gasteiger partial charge in [-0.15, -0.1) is 0 Å². The molecule has 0 spiro atoms. The summed E-state index contributed by atoms with van der Waals surface area (Å²) in [6.07, 6.45) is 2.64. The second-order valence-corrected chi connectivity index (χ2v) is 7.13. The van der Waals surface area contributed by atoms with Gasteiger partial charge in [-0.3, -0.25) is 9.59 Å². The Morgan fingerprint density at radius 3 is 2.65 bits per heavy atom. The van der Waals surface area contributed by atoms with E-state index >= 15 is 0 Å². The van der Waals surface area contributed by atoms with Crippen LogP contribution in [0.25, 0.3) is 0 Å². The lowest BCUT2D eigenvalue weighted by atomic mass is 10.4. The predicted molar refractivity (Wildman–Crippen MR) is 82.1 cm³/mol. The van der Waals surface area contributed by atoms with E-state index in [0.717, 1.165) is 21.1 Å². The minimum atomic E-state index is -3.67. The number of hydrogen-bond acceptors (Lipinski definition) is 5. The first kappa shape index (κ1) is 17.0. The van der Waals surface area contributed by atoms with Crippen molar-refractivity contribution in [3.63, 3.8) is 0 Å². The first-order chi connectivity index (χ1) is 10.8. The fourth-order valence-electron chi connectivity index (χ4n) is 1.81. The molecule has 0 aromatic carbocycles. The molecular formula is C14H17N3O5S. The third-order valence-electron chi connectivity index (χ3n) is 3.09. The molecule has 2 aromatic heterocycles. The lowest BCUT2D eigenvalue weighted by Crippen LogP contribution is -2.32. The predicted octanol–water partition coefficient (Wildman–Crippen LogP) is 0.00800. The maximum atomic E-state index is 12.1. The van der Waals surface area contributed by atoms with Crippen molar-refractivity contribution in [2.75, 3.05) is 14.1 Å². The van der Waals surface area contributed by atoms with Crippen LogP contribution in [0.5, 0.6) is 0 Å². The summed E-state index contributed by atoms with van der Waals surface area (Å²) in [5.74, 6) is 0.150. The van der Waals surface area contributed by atoms with Crippen LogP contribution in [0.2, 0.25) is 0 Å². The number of carbonyl (C=O) groups excluding carboxylic acids is 1. The standard InChI is InChI=1S/C14H17N3O5S/c1-16(2)23(20,21)12-5-6-14(19)17(9-12)10-13(18)15-8-11-4-3-7-22-11/h3-7,9H,8,10H2,1-2H3,(H,15,18). The average molecular weight is 339 g/mol. The van der Waals surface area contributed by atoms with E-state index in [1.807, 2.05) is 0 Å². The third-order valence-corrected chi connectivity index (χ3v) is 4.89. The van der Waals surface area contributed by atoms with Crippen molar-refractivity contribution >= 4 is 15.9 Å². The van der Waals surface area contributed by atoms with Crippen molar-refractivity contribution in [2.45, 2.75) is 18.0 Å². The van der Waals surface area contributed by atoms with Crippen LogP contribution >= 0.6 is 0 Å². The molecule has 23 heavy (non-hydrogen) atoms. The highest BCUT2D eigenvalue weighted by Gasteiger charge is 2.18. The van der Waals surface area contributed by atoms with Crippen molar-refractivity contribution in [3.8, 4) is 0 Å². The molecular weight excluding hydrogens is 322 g/mol. The molecule has 124 valence electrons. The lowest BCUT2D eigenvalue weighted by Gasteiger charge is -2.13. The van der Waals surface area contributed by atoms with Crippen LogP contribution in [0.15, 0.2) is 50.8 Å². The minimum Gasteiger partial charge on any atom is -0.467 e. The van der Waals surface area contributed by atoms with Gasteiger partial charge in [-0.05, 0) is 18.2 Å². The Labute approximate surface area is 133 Å². The summed E-state index contributed by atoms with van der Waals surface area (Å²) in [4.78, 5) is 23.6. The van der Waals surface area contributed by atoms with Crippen LogP contribution in [0.1, 0.15) is 5.76 Å². The van der Waals surface area contributed by atoms with Gasteiger partial charge in [0.15, 0.2) is 0 Å². The topological polar surface area (TPSA) is 102 Å². The zero-order valence-electron chi connectivity index (χ0n) is 12.7. The summed E-state index contributed by atoms with van der Waals surface area (Å²) in [7, 11) is -0.893. The molecule has 1 N–H and O–H groups in total. The maximum Gasteiger partial charge on any atom is 0.251 e. The highest BCUT2D eigenvalue weighted by atomic mass is 32.2. The first-order valence-electron chi connectivity index (χ1n) is 6.73. The number of furan rings is 1. The van der Waals surface area contributed by atoms with E-state index in [9.17, 15) is 18.0 Å². The highest BCUT2D eigenvalue weighted by Crippen LogP contribution is 2.10. The molecule has 0 bridgehead atoms. The maximum absolute atomic E-state index is 12.1. The van der Waals surface area contributed by atoms with Crippen molar-refractivity contribution in [2.24, 2.45) is 0 Å². The van der Waals surface area contributed by atoms with Gasteiger partial charge >= 0.3 is 0 Å². The normalized spacial score (nSPS) is 11.6. The quantitative estimate of drug-likeness (QED) is 0.799. The average Bonchev–Trinajstić information content (AvgIpc) is 3.00. The second kappa shape index (κ2) is 6.80. The first-order valence-corrected chi connectivity index (χ1v) is 8.17.